The number of alkyl halides is 3. The molecule has 0 aliphatic heterocycles. The van der Waals surface area contributed by atoms with E-state index in [9.17, 15) is 32.9 Å². The van der Waals surface area contributed by atoms with Crippen molar-refractivity contribution < 1.29 is 22.9 Å². The molecule has 11 heteroatoms. The molecule has 0 aliphatic rings. The third-order valence-electron chi connectivity index (χ3n) is 4.01. The van der Waals surface area contributed by atoms with Gasteiger partial charge in [0.05, 0.1) is 16.2 Å². The number of carbonyl (C=O) groups excluding carboxylic acids is 1. The number of benzene rings is 2. The Morgan fingerprint density at radius 2 is 1.80 bits per heavy atom. The maximum absolute atomic E-state index is 12.8. The summed E-state index contributed by atoms with van der Waals surface area (Å²) in [6.45, 7) is -0.532. The summed E-state index contributed by atoms with van der Waals surface area (Å²) < 4.78 is 39.2. The van der Waals surface area contributed by atoms with Gasteiger partial charge in [0.15, 0.2) is 0 Å². The minimum Gasteiger partial charge on any atom is -0.324 e. The highest BCUT2D eigenvalue weighted by Gasteiger charge is 2.30. The maximum atomic E-state index is 12.8. The second kappa shape index (κ2) is 8.15. The van der Waals surface area contributed by atoms with Crippen molar-refractivity contribution >= 4 is 17.3 Å². The lowest BCUT2D eigenvalue weighted by molar-refractivity contribution is -0.384. The van der Waals surface area contributed by atoms with Crippen molar-refractivity contribution in [2.75, 3.05) is 5.32 Å². The average Bonchev–Trinajstić information content (AvgIpc) is 2.69. The molecule has 0 bridgehead atoms. The van der Waals surface area contributed by atoms with Crippen molar-refractivity contribution in [1.82, 2.24) is 9.78 Å². The van der Waals surface area contributed by atoms with E-state index in [-0.39, 0.29) is 17.1 Å². The summed E-state index contributed by atoms with van der Waals surface area (Å²) in [4.78, 5) is 34.4. The molecule has 1 N–H and O–H groups in total. The van der Waals surface area contributed by atoms with Gasteiger partial charge in [-0.25, -0.2) is 4.68 Å². The number of halogens is 3. The van der Waals surface area contributed by atoms with Gasteiger partial charge in [-0.2, -0.15) is 18.3 Å². The number of non-ortho nitro benzene ring substituents is 1. The lowest BCUT2D eigenvalue weighted by Crippen LogP contribution is -2.29. The van der Waals surface area contributed by atoms with E-state index < -0.39 is 34.7 Å². The Balaban J connectivity index is 1.78. The highest BCUT2D eigenvalue weighted by Crippen LogP contribution is 2.30. The van der Waals surface area contributed by atoms with Gasteiger partial charge in [0.1, 0.15) is 6.54 Å². The first-order valence-corrected chi connectivity index (χ1v) is 8.43. The predicted molar refractivity (Wildman–Crippen MR) is 101 cm³/mol. The lowest BCUT2D eigenvalue weighted by atomic mass is 10.1. The number of rotatable bonds is 5. The van der Waals surface area contributed by atoms with Crippen LogP contribution in [0.15, 0.2) is 65.5 Å². The zero-order valence-electron chi connectivity index (χ0n) is 15.1. The van der Waals surface area contributed by atoms with Crippen molar-refractivity contribution in [2.24, 2.45) is 0 Å². The van der Waals surface area contributed by atoms with E-state index in [2.05, 4.69) is 10.4 Å². The molecule has 0 unspecified atom stereocenters. The van der Waals surface area contributed by atoms with Crippen LogP contribution < -0.4 is 10.9 Å². The third-order valence-corrected chi connectivity index (χ3v) is 4.01. The first-order chi connectivity index (χ1) is 14.1. The van der Waals surface area contributed by atoms with Crippen LogP contribution in [0.4, 0.5) is 24.5 Å². The van der Waals surface area contributed by atoms with Crippen LogP contribution in [0.25, 0.3) is 11.3 Å². The second-order valence-corrected chi connectivity index (χ2v) is 6.15. The zero-order valence-corrected chi connectivity index (χ0v) is 15.1. The maximum Gasteiger partial charge on any atom is 0.416 e. The van der Waals surface area contributed by atoms with Crippen LogP contribution in [0.1, 0.15) is 5.56 Å². The van der Waals surface area contributed by atoms with Gasteiger partial charge in [0.2, 0.25) is 5.91 Å². The average molecular weight is 418 g/mol. The van der Waals surface area contributed by atoms with Crippen molar-refractivity contribution in [3.05, 3.63) is 86.7 Å². The van der Waals surface area contributed by atoms with E-state index in [1.54, 1.807) is 0 Å². The predicted octanol–water partition coefficient (Wildman–Crippen LogP) is 3.48. The normalized spacial score (nSPS) is 11.2. The minimum atomic E-state index is -4.56. The minimum absolute atomic E-state index is 0.0746. The van der Waals surface area contributed by atoms with Gasteiger partial charge in [-0.15, -0.1) is 0 Å². The fraction of sp³-hybridized carbons (Fsp3) is 0.105. The molecule has 0 saturated heterocycles. The van der Waals surface area contributed by atoms with Crippen molar-refractivity contribution in [3.8, 4) is 11.3 Å². The number of amides is 1. The van der Waals surface area contributed by atoms with Gasteiger partial charge in [0, 0.05) is 29.4 Å². The molecule has 3 rings (SSSR count). The largest absolute Gasteiger partial charge is 0.416 e. The monoisotopic (exact) mass is 418 g/mol. The van der Waals surface area contributed by atoms with Crippen LogP contribution in [-0.4, -0.2) is 20.6 Å². The highest BCUT2D eigenvalue weighted by atomic mass is 19.4. The first kappa shape index (κ1) is 20.7. The van der Waals surface area contributed by atoms with Crippen LogP contribution in [0.2, 0.25) is 0 Å². The van der Waals surface area contributed by atoms with Gasteiger partial charge in [0.25, 0.3) is 11.2 Å². The molecule has 1 aromatic heterocycles. The van der Waals surface area contributed by atoms with Crippen molar-refractivity contribution in [2.45, 2.75) is 12.7 Å². The Labute approximate surface area is 166 Å². The molecule has 1 heterocycles. The molecule has 1 amide bonds. The fourth-order valence-corrected chi connectivity index (χ4v) is 2.58. The molecule has 3 aromatic rings. The summed E-state index contributed by atoms with van der Waals surface area (Å²) in [5.74, 6) is -0.746. The van der Waals surface area contributed by atoms with Gasteiger partial charge in [-0.3, -0.25) is 19.7 Å². The van der Waals surface area contributed by atoms with Crippen LogP contribution in [0, 0.1) is 10.1 Å². The van der Waals surface area contributed by atoms with E-state index in [4.69, 9.17) is 0 Å². The quantitative estimate of drug-likeness (QED) is 0.504. The number of carbonyl (C=O) groups is 1. The number of hydrogen-bond donors (Lipinski definition) is 1. The molecule has 0 radical (unpaired) electrons. The lowest BCUT2D eigenvalue weighted by Gasteiger charge is -2.11. The van der Waals surface area contributed by atoms with Crippen LogP contribution >= 0.6 is 0 Å². The third kappa shape index (κ3) is 4.87. The van der Waals surface area contributed by atoms with Crippen LogP contribution in [0.3, 0.4) is 0 Å². The van der Waals surface area contributed by atoms with Gasteiger partial charge >= 0.3 is 6.18 Å². The number of anilines is 1. The van der Waals surface area contributed by atoms with E-state index in [0.29, 0.717) is 5.56 Å². The number of nitro groups is 1. The van der Waals surface area contributed by atoms with Crippen molar-refractivity contribution in [1.29, 1.82) is 0 Å². The number of nitrogens with zero attached hydrogens (tertiary/aromatic N) is 3. The summed E-state index contributed by atoms with van der Waals surface area (Å²) in [6, 6.07) is 12.1. The van der Waals surface area contributed by atoms with Crippen LogP contribution in [0.5, 0.6) is 0 Å². The molecule has 30 heavy (non-hydrogen) atoms. The SMILES string of the molecule is O=C(Cn1nc(-c2ccc([N+](=O)[O-])cc2)ccc1=O)Nc1cccc(C(F)(F)F)c1. The molecule has 0 saturated carbocycles. The Morgan fingerprint density at radius 1 is 1.10 bits per heavy atom. The smallest absolute Gasteiger partial charge is 0.324 e. The molecule has 8 nitrogen and oxygen atoms in total. The Hall–Kier alpha value is -4.02. The highest BCUT2D eigenvalue weighted by molar-refractivity contribution is 5.90. The number of hydrogen-bond acceptors (Lipinski definition) is 5. The standard InChI is InChI=1S/C19H13F3N4O4/c20-19(21,22)13-2-1-3-14(10-13)23-17(27)11-25-18(28)9-8-16(24-25)12-4-6-15(7-5-12)26(29)30/h1-10H,11H2,(H,23,27). The fourth-order valence-electron chi connectivity index (χ4n) is 2.58. The molecule has 0 spiro atoms. The Morgan fingerprint density at radius 3 is 2.43 bits per heavy atom. The summed E-state index contributed by atoms with van der Waals surface area (Å²) in [7, 11) is 0. The molecule has 0 atom stereocenters. The summed E-state index contributed by atoms with van der Waals surface area (Å²) in [5, 5.41) is 17.1. The first-order valence-electron chi connectivity index (χ1n) is 8.43. The van der Waals surface area contributed by atoms with Gasteiger partial charge < -0.3 is 5.32 Å². The van der Waals surface area contributed by atoms with Gasteiger partial charge in [-0.05, 0) is 36.4 Å². The van der Waals surface area contributed by atoms with E-state index >= 15 is 0 Å². The molecule has 2 aromatic carbocycles. The number of aromatic nitrogens is 2. The zero-order chi connectivity index (χ0) is 21.9. The van der Waals surface area contributed by atoms with E-state index in [1.807, 2.05) is 0 Å². The molecular weight excluding hydrogens is 405 g/mol. The number of nitrogens with one attached hydrogen (secondary N) is 1. The Bertz CT molecular complexity index is 1160. The van der Waals surface area contributed by atoms with Crippen molar-refractivity contribution in [3.63, 3.8) is 0 Å². The molecule has 0 fully saturated rings. The molecule has 154 valence electrons. The van der Waals surface area contributed by atoms with E-state index in [0.717, 1.165) is 22.9 Å². The summed E-state index contributed by atoms with van der Waals surface area (Å²) in [5.41, 5.74) is -0.943. The summed E-state index contributed by atoms with van der Waals surface area (Å²) in [6.07, 6.45) is -4.56. The van der Waals surface area contributed by atoms with Crippen LogP contribution in [-0.2, 0) is 17.5 Å². The Kier molecular flexibility index (Phi) is 5.63. The molecular formula is C19H13F3N4O4. The van der Waals surface area contributed by atoms with E-state index in [1.165, 1.54) is 42.5 Å². The summed E-state index contributed by atoms with van der Waals surface area (Å²) >= 11 is 0. The second-order valence-electron chi connectivity index (χ2n) is 6.15. The van der Waals surface area contributed by atoms with Gasteiger partial charge in [-0.1, -0.05) is 6.07 Å². The number of nitro benzene ring substituents is 1. The molecule has 0 aliphatic carbocycles. The topological polar surface area (TPSA) is 107 Å².